The minimum absolute atomic E-state index is 0.0163. The van der Waals surface area contributed by atoms with Crippen LogP contribution in [-0.4, -0.2) is 18.0 Å². The lowest BCUT2D eigenvalue weighted by atomic mass is 9.87. The van der Waals surface area contributed by atoms with Gasteiger partial charge in [0.25, 0.3) is 5.91 Å². The standard InChI is InChI=1S/C22H25NO3/c1-3-16-11-13-18(14-12-16)22(25)26-15(2)21(24)23-20-10-6-8-17-7-4-5-9-19(17)20/h4-5,7,9,11-15,20H,3,6,8,10H2,1-2H3,(H,23,24)/t15-,20+/m1/s1. The number of amides is 1. The molecule has 2 aromatic carbocycles. The summed E-state index contributed by atoms with van der Waals surface area (Å²) in [5.41, 5.74) is 4.07. The van der Waals surface area contributed by atoms with Crippen molar-refractivity contribution in [3.05, 3.63) is 70.8 Å². The van der Waals surface area contributed by atoms with E-state index in [2.05, 4.69) is 24.4 Å². The van der Waals surface area contributed by atoms with Crippen LogP contribution in [0.15, 0.2) is 48.5 Å². The predicted octanol–water partition coefficient (Wildman–Crippen LogP) is 3.99. The average Bonchev–Trinajstić information content (AvgIpc) is 2.68. The van der Waals surface area contributed by atoms with Crippen LogP contribution in [0.5, 0.6) is 0 Å². The highest BCUT2D eigenvalue weighted by Crippen LogP contribution is 2.29. The van der Waals surface area contributed by atoms with E-state index in [-0.39, 0.29) is 11.9 Å². The second-order valence-corrected chi connectivity index (χ2v) is 6.75. The fourth-order valence-corrected chi connectivity index (χ4v) is 3.35. The number of esters is 1. The number of nitrogens with one attached hydrogen (secondary N) is 1. The van der Waals surface area contributed by atoms with Gasteiger partial charge in [0.15, 0.2) is 6.10 Å². The molecule has 3 rings (SSSR count). The number of aryl methyl sites for hydroxylation is 2. The Morgan fingerprint density at radius 1 is 1.15 bits per heavy atom. The van der Waals surface area contributed by atoms with Crippen LogP contribution in [0.2, 0.25) is 0 Å². The third-order valence-corrected chi connectivity index (χ3v) is 4.94. The van der Waals surface area contributed by atoms with Gasteiger partial charge in [-0.1, -0.05) is 43.3 Å². The second kappa shape index (κ2) is 8.17. The van der Waals surface area contributed by atoms with Crippen LogP contribution < -0.4 is 5.32 Å². The van der Waals surface area contributed by atoms with Gasteiger partial charge in [0.1, 0.15) is 0 Å². The molecule has 0 bridgehead atoms. The summed E-state index contributed by atoms with van der Waals surface area (Å²) in [7, 11) is 0. The summed E-state index contributed by atoms with van der Waals surface area (Å²) < 4.78 is 5.35. The van der Waals surface area contributed by atoms with E-state index in [1.165, 1.54) is 11.1 Å². The molecule has 2 aromatic rings. The third-order valence-electron chi connectivity index (χ3n) is 4.94. The summed E-state index contributed by atoms with van der Waals surface area (Å²) >= 11 is 0. The minimum Gasteiger partial charge on any atom is -0.449 e. The Kier molecular flexibility index (Phi) is 5.71. The van der Waals surface area contributed by atoms with Crippen molar-refractivity contribution in [1.82, 2.24) is 5.32 Å². The van der Waals surface area contributed by atoms with Crippen LogP contribution in [0.4, 0.5) is 0 Å². The van der Waals surface area contributed by atoms with Crippen molar-refractivity contribution in [2.75, 3.05) is 0 Å². The zero-order valence-electron chi connectivity index (χ0n) is 15.3. The molecular formula is C22H25NO3. The second-order valence-electron chi connectivity index (χ2n) is 6.75. The normalized spacial score (nSPS) is 17.1. The van der Waals surface area contributed by atoms with Crippen LogP contribution in [-0.2, 0) is 22.4 Å². The Bertz CT molecular complexity index is 782. The van der Waals surface area contributed by atoms with Crippen LogP contribution in [0.3, 0.4) is 0 Å². The van der Waals surface area contributed by atoms with Gasteiger partial charge in [0, 0.05) is 0 Å². The van der Waals surface area contributed by atoms with Crippen molar-refractivity contribution in [1.29, 1.82) is 0 Å². The SMILES string of the molecule is CCc1ccc(C(=O)O[C@H](C)C(=O)N[C@H]2CCCc3ccccc32)cc1. The van der Waals surface area contributed by atoms with Crippen molar-refractivity contribution in [3.63, 3.8) is 0 Å². The van der Waals surface area contributed by atoms with E-state index in [9.17, 15) is 9.59 Å². The first-order chi connectivity index (χ1) is 12.6. The van der Waals surface area contributed by atoms with Crippen LogP contribution in [0, 0.1) is 0 Å². The summed E-state index contributed by atoms with van der Waals surface area (Å²) in [6.07, 6.45) is 3.07. The lowest BCUT2D eigenvalue weighted by Crippen LogP contribution is -2.39. The van der Waals surface area contributed by atoms with Crippen molar-refractivity contribution < 1.29 is 14.3 Å². The highest BCUT2D eigenvalue weighted by molar-refractivity contribution is 5.92. The first-order valence-electron chi connectivity index (χ1n) is 9.26. The first-order valence-corrected chi connectivity index (χ1v) is 9.26. The molecule has 0 aromatic heterocycles. The maximum absolute atomic E-state index is 12.5. The number of rotatable bonds is 5. The van der Waals surface area contributed by atoms with Crippen LogP contribution in [0.1, 0.15) is 59.8 Å². The van der Waals surface area contributed by atoms with Gasteiger partial charge < -0.3 is 10.1 Å². The highest BCUT2D eigenvalue weighted by Gasteiger charge is 2.25. The summed E-state index contributed by atoms with van der Waals surface area (Å²) in [6, 6.07) is 15.5. The lowest BCUT2D eigenvalue weighted by molar-refractivity contribution is -0.130. The van der Waals surface area contributed by atoms with E-state index >= 15 is 0 Å². The molecule has 0 radical (unpaired) electrons. The molecule has 2 atom stereocenters. The largest absolute Gasteiger partial charge is 0.449 e. The Balaban J connectivity index is 1.60. The summed E-state index contributed by atoms with van der Waals surface area (Å²) in [6.45, 7) is 3.67. The average molecular weight is 351 g/mol. The van der Waals surface area contributed by atoms with Crippen LogP contribution in [0.25, 0.3) is 0 Å². The molecule has 0 heterocycles. The number of carbonyl (C=O) groups excluding carboxylic acids is 2. The van der Waals surface area contributed by atoms with Gasteiger partial charge in [-0.15, -0.1) is 0 Å². The smallest absolute Gasteiger partial charge is 0.338 e. The van der Waals surface area contributed by atoms with Crippen molar-refractivity contribution in [2.24, 2.45) is 0 Å². The van der Waals surface area contributed by atoms with E-state index in [0.717, 1.165) is 31.2 Å². The summed E-state index contributed by atoms with van der Waals surface area (Å²) in [4.78, 5) is 24.7. The van der Waals surface area contributed by atoms with E-state index in [4.69, 9.17) is 4.74 Å². The molecule has 1 aliphatic rings. The molecule has 0 spiro atoms. The van der Waals surface area contributed by atoms with Gasteiger partial charge in [-0.2, -0.15) is 0 Å². The lowest BCUT2D eigenvalue weighted by Gasteiger charge is -2.27. The number of hydrogen-bond acceptors (Lipinski definition) is 3. The summed E-state index contributed by atoms with van der Waals surface area (Å²) in [5.74, 6) is -0.732. The molecule has 1 N–H and O–H groups in total. The maximum atomic E-state index is 12.5. The van der Waals surface area contributed by atoms with E-state index in [1.807, 2.05) is 24.3 Å². The monoisotopic (exact) mass is 351 g/mol. The molecule has 1 aliphatic carbocycles. The van der Waals surface area contributed by atoms with E-state index in [0.29, 0.717) is 5.56 Å². The Morgan fingerprint density at radius 2 is 1.88 bits per heavy atom. The molecule has 0 saturated heterocycles. The molecule has 26 heavy (non-hydrogen) atoms. The van der Waals surface area contributed by atoms with Gasteiger partial charge in [-0.3, -0.25) is 4.79 Å². The topological polar surface area (TPSA) is 55.4 Å². The zero-order valence-corrected chi connectivity index (χ0v) is 15.3. The quantitative estimate of drug-likeness (QED) is 0.829. The fourth-order valence-electron chi connectivity index (χ4n) is 3.35. The Morgan fingerprint density at radius 3 is 2.62 bits per heavy atom. The molecule has 1 amide bonds. The number of ether oxygens (including phenoxy) is 1. The van der Waals surface area contributed by atoms with Gasteiger partial charge >= 0.3 is 5.97 Å². The molecular weight excluding hydrogens is 326 g/mol. The molecule has 136 valence electrons. The Labute approximate surface area is 154 Å². The van der Waals surface area contributed by atoms with Gasteiger partial charge in [0.05, 0.1) is 11.6 Å². The molecule has 0 saturated carbocycles. The third kappa shape index (κ3) is 4.13. The molecule has 0 aliphatic heterocycles. The van der Waals surface area contributed by atoms with Crippen molar-refractivity contribution >= 4 is 11.9 Å². The zero-order chi connectivity index (χ0) is 18.5. The van der Waals surface area contributed by atoms with Gasteiger partial charge in [0.2, 0.25) is 0 Å². The Hall–Kier alpha value is -2.62. The number of carbonyl (C=O) groups is 2. The van der Waals surface area contributed by atoms with Gasteiger partial charge in [-0.25, -0.2) is 4.79 Å². The highest BCUT2D eigenvalue weighted by atomic mass is 16.5. The maximum Gasteiger partial charge on any atom is 0.338 e. The summed E-state index contributed by atoms with van der Waals surface area (Å²) in [5, 5.41) is 3.03. The number of benzene rings is 2. The van der Waals surface area contributed by atoms with E-state index in [1.54, 1.807) is 19.1 Å². The van der Waals surface area contributed by atoms with Crippen molar-refractivity contribution in [2.45, 2.75) is 51.7 Å². The molecule has 0 unspecified atom stereocenters. The van der Waals surface area contributed by atoms with E-state index < -0.39 is 12.1 Å². The predicted molar refractivity (Wildman–Crippen MR) is 101 cm³/mol. The minimum atomic E-state index is -0.831. The molecule has 4 nitrogen and oxygen atoms in total. The molecule has 4 heteroatoms. The van der Waals surface area contributed by atoms with Gasteiger partial charge in [-0.05, 0) is 61.4 Å². The molecule has 0 fully saturated rings. The first kappa shape index (κ1) is 18.2. The fraction of sp³-hybridized carbons (Fsp3) is 0.364. The number of fused-ring (bicyclic) bond motifs is 1. The van der Waals surface area contributed by atoms with Crippen molar-refractivity contribution in [3.8, 4) is 0 Å². The van der Waals surface area contributed by atoms with Crippen LogP contribution >= 0.6 is 0 Å². The number of hydrogen-bond donors (Lipinski definition) is 1.